The number of nitrogens with zero attached hydrogens (tertiary/aromatic N) is 1. The van der Waals surface area contributed by atoms with Gasteiger partial charge in [-0.15, -0.1) is 12.4 Å². The number of hydrogen-bond donors (Lipinski definition) is 1. The van der Waals surface area contributed by atoms with Crippen molar-refractivity contribution >= 4 is 18.3 Å². The van der Waals surface area contributed by atoms with Crippen LogP contribution in [0.2, 0.25) is 0 Å². The van der Waals surface area contributed by atoms with Crippen molar-refractivity contribution in [2.45, 2.75) is 32.9 Å². The fraction of sp³-hybridized carbons (Fsp3) is 0.409. The van der Waals surface area contributed by atoms with E-state index in [4.69, 9.17) is 4.74 Å². The SMILES string of the molecule is COc1ccccc1CN(Cc1cccc(C)c1)C(=O)C1CCNCC1.Cl. The molecule has 1 N–H and O–H groups in total. The number of hydrogen-bond acceptors (Lipinski definition) is 3. The van der Waals surface area contributed by atoms with Crippen LogP contribution in [-0.4, -0.2) is 31.0 Å². The summed E-state index contributed by atoms with van der Waals surface area (Å²) >= 11 is 0. The van der Waals surface area contributed by atoms with Crippen molar-refractivity contribution in [1.82, 2.24) is 10.2 Å². The molecule has 0 aromatic heterocycles. The van der Waals surface area contributed by atoms with E-state index in [9.17, 15) is 4.79 Å². The molecular weight excluding hydrogens is 360 g/mol. The van der Waals surface area contributed by atoms with E-state index >= 15 is 0 Å². The lowest BCUT2D eigenvalue weighted by Crippen LogP contribution is -2.40. The summed E-state index contributed by atoms with van der Waals surface area (Å²) in [6.07, 6.45) is 1.82. The van der Waals surface area contributed by atoms with E-state index in [0.717, 1.165) is 37.2 Å². The first-order valence-corrected chi connectivity index (χ1v) is 9.34. The number of carbonyl (C=O) groups excluding carboxylic acids is 1. The molecular formula is C22H29ClN2O2. The first kappa shape index (κ1) is 21.3. The summed E-state index contributed by atoms with van der Waals surface area (Å²) < 4.78 is 5.49. The Kier molecular flexibility index (Phi) is 8.14. The summed E-state index contributed by atoms with van der Waals surface area (Å²) in [7, 11) is 1.68. The maximum absolute atomic E-state index is 13.2. The number of piperidine rings is 1. The van der Waals surface area contributed by atoms with Crippen LogP contribution in [0, 0.1) is 12.8 Å². The van der Waals surface area contributed by atoms with Crippen molar-refractivity contribution in [3.63, 3.8) is 0 Å². The molecule has 4 nitrogen and oxygen atoms in total. The zero-order valence-corrected chi connectivity index (χ0v) is 16.9. The van der Waals surface area contributed by atoms with Gasteiger partial charge >= 0.3 is 0 Å². The minimum Gasteiger partial charge on any atom is -0.496 e. The number of aryl methyl sites for hydroxylation is 1. The third-order valence-electron chi connectivity index (χ3n) is 5.01. The normalized spacial score (nSPS) is 14.3. The van der Waals surface area contributed by atoms with Gasteiger partial charge in [-0.3, -0.25) is 4.79 Å². The Labute approximate surface area is 168 Å². The van der Waals surface area contributed by atoms with Gasteiger partial charge in [0, 0.05) is 24.6 Å². The van der Waals surface area contributed by atoms with Crippen LogP contribution in [-0.2, 0) is 17.9 Å². The third kappa shape index (κ3) is 5.72. The standard InChI is InChI=1S/C22H28N2O2.ClH/c1-17-6-5-7-18(14-17)15-24(22(25)19-10-12-23-13-11-19)16-20-8-3-4-9-21(20)26-2;/h3-9,14,19,23H,10-13,15-16H2,1-2H3;1H. The van der Waals surface area contributed by atoms with Crippen LogP contribution >= 0.6 is 12.4 Å². The maximum atomic E-state index is 13.2. The number of benzene rings is 2. The second-order valence-corrected chi connectivity index (χ2v) is 7.02. The van der Waals surface area contributed by atoms with Gasteiger partial charge < -0.3 is 15.0 Å². The molecule has 146 valence electrons. The summed E-state index contributed by atoms with van der Waals surface area (Å²) in [6.45, 7) is 5.12. The fourth-order valence-corrected chi connectivity index (χ4v) is 3.61. The van der Waals surface area contributed by atoms with E-state index in [1.165, 1.54) is 11.1 Å². The fourth-order valence-electron chi connectivity index (χ4n) is 3.61. The van der Waals surface area contributed by atoms with Crippen LogP contribution in [0.5, 0.6) is 5.75 Å². The van der Waals surface area contributed by atoms with Gasteiger partial charge in [0.1, 0.15) is 5.75 Å². The van der Waals surface area contributed by atoms with Crippen molar-refractivity contribution in [1.29, 1.82) is 0 Å². The van der Waals surface area contributed by atoms with Crippen molar-refractivity contribution in [2.75, 3.05) is 20.2 Å². The van der Waals surface area contributed by atoms with Crippen LogP contribution < -0.4 is 10.1 Å². The van der Waals surface area contributed by atoms with Gasteiger partial charge in [0.05, 0.1) is 7.11 Å². The molecule has 0 spiro atoms. The largest absolute Gasteiger partial charge is 0.496 e. The quantitative estimate of drug-likeness (QED) is 0.814. The van der Waals surface area contributed by atoms with E-state index < -0.39 is 0 Å². The molecule has 1 saturated heterocycles. The number of para-hydroxylation sites is 1. The van der Waals surface area contributed by atoms with Crippen LogP contribution in [0.3, 0.4) is 0 Å². The zero-order valence-electron chi connectivity index (χ0n) is 16.1. The molecule has 0 aliphatic carbocycles. The van der Waals surface area contributed by atoms with Crippen LogP contribution in [0.15, 0.2) is 48.5 Å². The molecule has 2 aromatic carbocycles. The highest BCUT2D eigenvalue weighted by Crippen LogP contribution is 2.24. The third-order valence-corrected chi connectivity index (χ3v) is 5.01. The zero-order chi connectivity index (χ0) is 18.4. The number of methoxy groups -OCH3 is 1. The monoisotopic (exact) mass is 388 g/mol. The Morgan fingerprint density at radius 3 is 2.56 bits per heavy atom. The lowest BCUT2D eigenvalue weighted by Gasteiger charge is -2.30. The molecule has 3 rings (SSSR count). The predicted octanol–water partition coefficient (Wildman–Crippen LogP) is 3.95. The van der Waals surface area contributed by atoms with E-state index in [0.29, 0.717) is 13.1 Å². The minimum atomic E-state index is 0. The highest BCUT2D eigenvalue weighted by molar-refractivity contribution is 5.85. The number of rotatable bonds is 6. The smallest absolute Gasteiger partial charge is 0.226 e. The van der Waals surface area contributed by atoms with E-state index in [1.54, 1.807) is 7.11 Å². The van der Waals surface area contributed by atoms with Crippen LogP contribution in [0.1, 0.15) is 29.5 Å². The molecule has 0 unspecified atom stereocenters. The molecule has 2 aromatic rings. The van der Waals surface area contributed by atoms with Gasteiger partial charge in [-0.2, -0.15) is 0 Å². The molecule has 0 bridgehead atoms. The lowest BCUT2D eigenvalue weighted by atomic mass is 9.96. The van der Waals surface area contributed by atoms with Gasteiger partial charge in [0.2, 0.25) is 5.91 Å². The van der Waals surface area contributed by atoms with E-state index in [-0.39, 0.29) is 24.2 Å². The first-order valence-electron chi connectivity index (χ1n) is 9.34. The molecule has 0 saturated carbocycles. The molecule has 0 radical (unpaired) electrons. The lowest BCUT2D eigenvalue weighted by molar-refractivity contribution is -0.137. The maximum Gasteiger partial charge on any atom is 0.226 e. The summed E-state index contributed by atoms with van der Waals surface area (Å²) in [5, 5.41) is 3.34. The van der Waals surface area contributed by atoms with Crippen LogP contribution in [0.4, 0.5) is 0 Å². The van der Waals surface area contributed by atoms with Crippen molar-refractivity contribution < 1.29 is 9.53 Å². The number of nitrogens with one attached hydrogen (secondary N) is 1. The highest BCUT2D eigenvalue weighted by Gasteiger charge is 2.26. The summed E-state index contributed by atoms with van der Waals surface area (Å²) in [6, 6.07) is 16.3. The topological polar surface area (TPSA) is 41.6 Å². The van der Waals surface area contributed by atoms with E-state index in [2.05, 4.69) is 36.5 Å². The molecule has 1 aliphatic heterocycles. The number of amides is 1. The summed E-state index contributed by atoms with van der Waals surface area (Å²) in [5.41, 5.74) is 3.43. The Morgan fingerprint density at radius 1 is 1.11 bits per heavy atom. The molecule has 1 aliphatic rings. The number of carbonyl (C=O) groups is 1. The van der Waals surface area contributed by atoms with Crippen molar-refractivity contribution in [2.24, 2.45) is 5.92 Å². The van der Waals surface area contributed by atoms with Gasteiger partial charge in [0.25, 0.3) is 0 Å². The average molecular weight is 389 g/mol. The Hall–Kier alpha value is -2.04. The first-order chi connectivity index (χ1) is 12.7. The van der Waals surface area contributed by atoms with Crippen molar-refractivity contribution in [3.8, 4) is 5.75 Å². The number of ether oxygens (including phenoxy) is 1. The molecule has 27 heavy (non-hydrogen) atoms. The van der Waals surface area contributed by atoms with Gasteiger partial charge in [-0.25, -0.2) is 0 Å². The molecule has 1 fully saturated rings. The Balaban J connectivity index is 0.00000261. The second-order valence-electron chi connectivity index (χ2n) is 7.02. The Bertz CT molecular complexity index is 745. The molecule has 0 atom stereocenters. The van der Waals surface area contributed by atoms with Crippen LogP contribution in [0.25, 0.3) is 0 Å². The summed E-state index contributed by atoms with van der Waals surface area (Å²) in [4.78, 5) is 15.2. The van der Waals surface area contributed by atoms with Gasteiger partial charge in [0.15, 0.2) is 0 Å². The molecule has 1 amide bonds. The average Bonchev–Trinajstić information content (AvgIpc) is 2.68. The van der Waals surface area contributed by atoms with E-state index in [1.807, 2.05) is 29.2 Å². The van der Waals surface area contributed by atoms with Gasteiger partial charge in [-0.05, 0) is 44.5 Å². The van der Waals surface area contributed by atoms with Gasteiger partial charge in [-0.1, -0.05) is 48.0 Å². The van der Waals surface area contributed by atoms with Crippen molar-refractivity contribution in [3.05, 3.63) is 65.2 Å². The minimum absolute atomic E-state index is 0. The molecule has 5 heteroatoms. The summed E-state index contributed by atoms with van der Waals surface area (Å²) in [5.74, 6) is 1.19. The highest BCUT2D eigenvalue weighted by atomic mass is 35.5. The Morgan fingerprint density at radius 2 is 1.85 bits per heavy atom. The number of halogens is 1. The molecule has 1 heterocycles. The predicted molar refractivity (Wildman–Crippen MR) is 111 cm³/mol. The second kappa shape index (κ2) is 10.3.